The van der Waals surface area contributed by atoms with Crippen LogP contribution < -0.4 is 14.8 Å². The van der Waals surface area contributed by atoms with Gasteiger partial charge in [0.2, 0.25) is 5.79 Å². The Bertz CT molecular complexity index is 453. The zero-order chi connectivity index (χ0) is 12.0. The van der Waals surface area contributed by atoms with Crippen molar-refractivity contribution in [2.24, 2.45) is 0 Å². The number of nitrogens with one attached hydrogen (secondary N) is 1. The highest BCUT2D eigenvalue weighted by Crippen LogP contribution is 2.46. The van der Waals surface area contributed by atoms with E-state index in [0.717, 1.165) is 25.3 Å². The van der Waals surface area contributed by atoms with E-state index in [0.29, 0.717) is 16.7 Å². The number of ether oxygens (including phenoxy) is 2. The Balaban J connectivity index is 1.98. The summed E-state index contributed by atoms with van der Waals surface area (Å²) in [6.45, 7) is 5.86. The minimum Gasteiger partial charge on any atom is -0.449 e. The number of rotatable bonds is 1. The third kappa shape index (κ3) is 1.98. The van der Waals surface area contributed by atoms with Crippen LogP contribution in [0.5, 0.6) is 11.5 Å². The van der Waals surface area contributed by atoms with Gasteiger partial charge in [0.1, 0.15) is 0 Å². The van der Waals surface area contributed by atoms with Crippen LogP contribution in [-0.4, -0.2) is 18.9 Å². The number of hydrogen-bond donors (Lipinski definition) is 1. The zero-order valence-electron chi connectivity index (χ0n) is 10.0. The molecule has 0 aromatic heterocycles. The maximum atomic E-state index is 6.26. The quantitative estimate of drug-likeness (QED) is 0.835. The highest BCUT2D eigenvalue weighted by Gasteiger charge is 2.34. The van der Waals surface area contributed by atoms with Crippen molar-refractivity contribution in [2.45, 2.75) is 32.0 Å². The molecule has 1 fully saturated rings. The summed E-state index contributed by atoms with van der Waals surface area (Å²) >= 11 is 6.26. The van der Waals surface area contributed by atoms with E-state index in [1.165, 1.54) is 5.56 Å². The van der Waals surface area contributed by atoms with Crippen LogP contribution in [0, 0.1) is 0 Å². The molecule has 0 radical (unpaired) electrons. The second-order valence-electron chi connectivity index (χ2n) is 5.12. The Kier molecular flexibility index (Phi) is 2.49. The van der Waals surface area contributed by atoms with Crippen LogP contribution in [0.1, 0.15) is 31.7 Å². The molecule has 4 heteroatoms. The van der Waals surface area contributed by atoms with E-state index >= 15 is 0 Å². The molecule has 1 atom stereocenters. The van der Waals surface area contributed by atoms with Gasteiger partial charge in [0, 0.05) is 20.4 Å². The van der Waals surface area contributed by atoms with Gasteiger partial charge in [0.15, 0.2) is 11.5 Å². The summed E-state index contributed by atoms with van der Waals surface area (Å²) in [7, 11) is 0. The summed E-state index contributed by atoms with van der Waals surface area (Å²) < 4.78 is 11.4. The van der Waals surface area contributed by atoms with Crippen molar-refractivity contribution in [1.82, 2.24) is 5.32 Å². The van der Waals surface area contributed by atoms with E-state index in [2.05, 4.69) is 11.4 Å². The van der Waals surface area contributed by atoms with E-state index in [4.69, 9.17) is 21.1 Å². The molecule has 0 bridgehead atoms. The van der Waals surface area contributed by atoms with Gasteiger partial charge in [-0.2, -0.15) is 0 Å². The normalized spacial score (nSPS) is 25.2. The van der Waals surface area contributed by atoms with Crippen LogP contribution in [0.3, 0.4) is 0 Å². The molecule has 1 aromatic carbocycles. The second kappa shape index (κ2) is 3.79. The fourth-order valence-corrected chi connectivity index (χ4v) is 2.73. The second-order valence-corrected chi connectivity index (χ2v) is 5.53. The Hall–Kier alpha value is -0.930. The van der Waals surface area contributed by atoms with Crippen LogP contribution in [0.2, 0.25) is 5.02 Å². The van der Waals surface area contributed by atoms with Crippen molar-refractivity contribution in [3.63, 3.8) is 0 Å². The topological polar surface area (TPSA) is 30.5 Å². The zero-order valence-corrected chi connectivity index (χ0v) is 10.8. The van der Waals surface area contributed by atoms with E-state index in [1.54, 1.807) is 0 Å². The van der Waals surface area contributed by atoms with Gasteiger partial charge < -0.3 is 14.8 Å². The highest BCUT2D eigenvalue weighted by atomic mass is 35.5. The Morgan fingerprint density at radius 1 is 1.35 bits per heavy atom. The van der Waals surface area contributed by atoms with Gasteiger partial charge >= 0.3 is 0 Å². The first-order chi connectivity index (χ1) is 8.05. The molecule has 1 N–H and O–H groups in total. The summed E-state index contributed by atoms with van der Waals surface area (Å²) in [4.78, 5) is 0. The monoisotopic (exact) mass is 253 g/mol. The van der Waals surface area contributed by atoms with Gasteiger partial charge in [-0.25, -0.2) is 0 Å². The molecule has 1 aromatic rings. The fraction of sp³-hybridized carbons (Fsp3) is 0.538. The predicted octanol–water partition coefficient (Wildman–Crippen LogP) is 2.92. The molecule has 3 rings (SSSR count). The number of fused-ring (bicyclic) bond motifs is 1. The van der Waals surface area contributed by atoms with Crippen LogP contribution in [-0.2, 0) is 0 Å². The molecule has 0 aliphatic carbocycles. The summed E-state index contributed by atoms with van der Waals surface area (Å²) in [5.41, 5.74) is 1.24. The summed E-state index contributed by atoms with van der Waals surface area (Å²) in [6, 6.07) is 4.07. The molecule has 1 saturated heterocycles. The Labute approximate surface area is 106 Å². The first-order valence-electron chi connectivity index (χ1n) is 5.97. The molecule has 0 saturated carbocycles. The van der Waals surface area contributed by atoms with Gasteiger partial charge in [0.05, 0.1) is 5.02 Å². The van der Waals surface area contributed by atoms with Crippen LogP contribution >= 0.6 is 11.6 Å². The van der Waals surface area contributed by atoms with Gasteiger partial charge in [-0.1, -0.05) is 11.6 Å². The number of halogens is 1. The first kappa shape index (κ1) is 11.2. The molecular formula is C13H16ClNO2. The lowest BCUT2D eigenvalue weighted by Gasteiger charge is -2.16. The van der Waals surface area contributed by atoms with Crippen molar-refractivity contribution in [3.05, 3.63) is 22.7 Å². The predicted molar refractivity (Wildman–Crippen MR) is 67.0 cm³/mol. The van der Waals surface area contributed by atoms with Crippen molar-refractivity contribution < 1.29 is 9.47 Å². The minimum absolute atomic E-state index is 0.533. The van der Waals surface area contributed by atoms with Gasteiger partial charge in [-0.3, -0.25) is 0 Å². The Morgan fingerprint density at radius 3 is 2.88 bits per heavy atom. The molecule has 2 aliphatic rings. The average molecular weight is 254 g/mol. The Morgan fingerprint density at radius 2 is 2.18 bits per heavy atom. The van der Waals surface area contributed by atoms with Crippen LogP contribution in [0.25, 0.3) is 0 Å². The van der Waals surface area contributed by atoms with E-state index in [1.807, 2.05) is 19.9 Å². The lowest BCUT2D eigenvalue weighted by atomic mass is 9.98. The van der Waals surface area contributed by atoms with Gasteiger partial charge in [0.25, 0.3) is 0 Å². The molecule has 0 spiro atoms. The van der Waals surface area contributed by atoms with E-state index < -0.39 is 5.79 Å². The fourth-order valence-electron chi connectivity index (χ4n) is 2.47. The largest absolute Gasteiger partial charge is 0.449 e. The molecule has 0 amide bonds. The van der Waals surface area contributed by atoms with Crippen LogP contribution in [0.4, 0.5) is 0 Å². The van der Waals surface area contributed by atoms with E-state index in [9.17, 15) is 0 Å². The molecule has 92 valence electrons. The summed E-state index contributed by atoms with van der Waals surface area (Å²) in [6.07, 6.45) is 1.15. The third-order valence-corrected chi connectivity index (χ3v) is 3.55. The molecular weight excluding hydrogens is 238 g/mol. The molecule has 3 nitrogen and oxygen atoms in total. The van der Waals surface area contributed by atoms with Crippen molar-refractivity contribution in [3.8, 4) is 11.5 Å². The maximum absolute atomic E-state index is 6.26. The molecule has 17 heavy (non-hydrogen) atoms. The van der Waals surface area contributed by atoms with Crippen LogP contribution in [0.15, 0.2) is 12.1 Å². The van der Waals surface area contributed by atoms with Gasteiger partial charge in [-0.15, -0.1) is 0 Å². The van der Waals surface area contributed by atoms with Crippen molar-refractivity contribution in [2.75, 3.05) is 13.1 Å². The molecule has 2 aliphatic heterocycles. The van der Waals surface area contributed by atoms with Crippen molar-refractivity contribution in [1.29, 1.82) is 0 Å². The molecule has 1 unspecified atom stereocenters. The summed E-state index contributed by atoms with van der Waals surface area (Å²) in [5.74, 6) is 1.36. The SMILES string of the molecule is CC1(C)Oc2cc(C3CCNC3)cc(Cl)c2O1. The van der Waals surface area contributed by atoms with E-state index in [-0.39, 0.29) is 0 Å². The number of benzene rings is 1. The smallest absolute Gasteiger partial charge is 0.246 e. The first-order valence-corrected chi connectivity index (χ1v) is 6.35. The lowest BCUT2D eigenvalue weighted by molar-refractivity contribution is -0.0431. The third-order valence-electron chi connectivity index (χ3n) is 3.27. The van der Waals surface area contributed by atoms with Gasteiger partial charge in [-0.05, 0) is 36.6 Å². The summed E-state index contributed by atoms with van der Waals surface area (Å²) in [5, 5.41) is 4.01. The number of hydrogen-bond acceptors (Lipinski definition) is 3. The highest BCUT2D eigenvalue weighted by molar-refractivity contribution is 6.32. The maximum Gasteiger partial charge on any atom is 0.246 e. The standard InChI is InChI=1S/C13H16ClNO2/c1-13(2)16-11-6-9(8-3-4-15-7-8)5-10(14)12(11)17-13/h5-6,8,15H,3-4,7H2,1-2H3. The van der Waals surface area contributed by atoms with Crippen molar-refractivity contribution >= 4 is 11.6 Å². The molecule has 2 heterocycles. The minimum atomic E-state index is -0.613. The lowest BCUT2D eigenvalue weighted by Crippen LogP contribution is -2.29. The average Bonchev–Trinajstić information content (AvgIpc) is 2.83.